The molecule has 3 heterocycles. The van der Waals surface area contributed by atoms with E-state index in [9.17, 15) is 0 Å². The van der Waals surface area contributed by atoms with E-state index in [4.69, 9.17) is 14.1 Å². The molecule has 0 amide bonds. The Bertz CT molecular complexity index is 3150. The van der Waals surface area contributed by atoms with Crippen molar-refractivity contribution in [2.45, 2.75) is 55.6 Å². The molecule has 4 nitrogen and oxygen atoms in total. The molecule has 304 valence electrons. The monoisotopic (exact) mass is 814 g/mol. The highest BCUT2D eigenvalue weighted by atomic mass is 16.5. The summed E-state index contributed by atoms with van der Waals surface area (Å²) in [5.41, 5.74) is 16.7. The number of furan rings is 1. The van der Waals surface area contributed by atoms with Crippen LogP contribution in [0.5, 0.6) is 5.75 Å². The van der Waals surface area contributed by atoms with E-state index in [1.807, 2.05) is 0 Å². The number of benzene rings is 6. The number of ether oxygens (including phenoxy) is 1. The van der Waals surface area contributed by atoms with Crippen LogP contribution in [0.2, 0.25) is 0 Å². The van der Waals surface area contributed by atoms with E-state index in [0.717, 1.165) is 71.7 Å². The first kappa shape index (κ1) is 36.5. The van der Waals surface area contributed by atoms with Crippen LogP contribution in [-0.4, -0.2) is 11.9 Å². The molecular weight excluding hydrogens is 769 g/mol. The Hall–Kier alpha value is -7.17. The van der Waals surface area contributed by atoms with Crippen LogP contribution < -0.4 is 10.1 Å². The Balaban J connectivity index is 0.896. The normalized spacial score (nSPS) is 22.3. The minimum atomic E-state index is -0.469. The summed E-state index contributed by atoms with van der Waals surface area (Å²) in [4.78, 5) is 5.53. The molecule has 1 spiro atoms. The number of rotatable bonds is 5. The number of nitrogens with one attached hydrogen (secondary N) is 1. The van der Waals surface area contributed by atoms with E-state index in [0.29, 0.717) is 5.92 Å². The second-order valence-corrected chi connectivity index (χ2v) is 17.9. The molecule has 1 aromatic heterocycles. The average Bonchev–Trinajstić information content (AvgIpc) is 3.88. The molecule has 0 saturated carbocycles. The molecule has 4 unspecified atom stereocenters. The lowest BCUT2D eigenvalue weighted by Crippen LogP contribution is -2.42. The molecule has 13 rings (SSSR count). The Morgan fingerprint density at radius 3 is 2.16 bits per heavy atom. The Labute approximate surface area is 368 Å². The van der Waals surface area contributed by atoms with Gasteiger partial charge in [-0.2, -0.15) is 0 Å². The van der Waals surface area contributed by atoms with Gasteiger partial charge in [-0.3, -0.25) is 4.99 Å². The SMILES string of the molecule is C1=CCC2Oc3c(-c4ccccc4C4=NC(c5ccccc5)C=C(C5CC=C(C6CC=Cc7c6oc6ccccc76)CC5)N4)cccc3C3(C2=C1)c1ccccc1-c1ccccc13. The summed E-state index contributed by atoms with van der Waals surface area (Å²) < 4.78 is 13.8. The minimum Gasteiger partial charge on any atom is -0.485 e. The van der Waals surface area contributed by atoms with Crippen molar-refractivity contribution in [3.63, 3.8) is 0 Å². The molecule has 4 atom stereocenters. The fourth-order valence-electron chi connectivity index (χ4n) is 11.8. The number of amidine groups is 1. The summed E-state index contributed by atoms with van der Waals surface area (Å²) >= 11 is 0. The first-order valence-electron chi connectivity index (χ1n) is 22.7. The van der Waals surface area contributed by atoms with Gasteiger partial charge in [-0.05, 0) is 76.8 Å². The van der Waals surface area contributed by atoms with Gasteiger partial charge in [0.15, 0.2) is 0 Å². The van der Waals surface area contributed by atoms with Crippen LogP contribution in [0.15, 0.2) is 208 Å². The summed E-state index contributed by atoms with van der Waals surface area (Å²) in [7, 11) is 0. The number of hydrogen-bond donors (Lipinski definition) is 1. The van der Waals surface area contributed by atoms with Crippen molar-refractivity contribution in [2.75, 3.05) is 0 Å². The van der Waals surface area contributed by atoms with Crippen molar-refractivity contribution < 1.29 is 9.15 Å². The molecule has 0 radical (unpaired) electrons. The maximum atomic E-state index is 7.28. The molecule has 1 N–H and O–H groups in total. The van der Waals surface area contributed by atoms with Gasteiger partial charge < -0.3 is 14.5 Å². The third kappa shape index (κ3) is 5.56. The van der Waals surface area contributed by atoms with Gasteiger partial charge in [0, 0.05) is 51.6 Å². The van der Waals surface area contributed by atoms with Crippen molar-refractivity contribution >= 4 is 22.9 Å². The molecule has 4 heteroatoms. The fourth-order valence-corrected chi connectivity index (χ4v) is 11.8. The van der Waals surface area contributed by atoms with Gasteiger partial charge in [0.25, 0.3) is 0 Å². The van der Waals surface area contributed by atoms with Crippen molar-refractivity contribution in [3.8, 4) is 28.0 Å². The number of para-hydroxylation sites is 2. The lowest BCUT2D eigenvalue weighted by molar-refractivity contribution is 0.206. The summed E-state index contributed by atoms with van der Waals surface area (Å²) in [6, 6.07) is 52.7. The van der Waals surface area contributed by atoms with Gasteiger partial charge >= 0.3 is 0 Å². The number of fused-ring (bicyclic) bond motifs is 12. The molecule has 0 fully saturated rings. The van der Waals surface area contributed by atoms with E-state index >= 15 is 0 Å². The van der Waals surface area contributed by atoms with Crippen molar-refractivity contribution in [1.29, 1.82) is 0 Å². The van der Waals surface area contributed by atoms with Crippen molar-refractivity contribution in [2.24, 2.45) is 10.9 Å². The van der Waals surface area contributed by atoms with Gasteiger partial charge in [-0.15, -0.1) is 0 Å². The summed E-state index contributed by atoms with van der Waals surface area (Å²) in [5, 5.41) is 5.18. The van der Waals surface area contributed by atoms with Crippen LogP contribution in [0.1, 0.15) is 83.2 Å². The average molecular weight is 815 g/mol. The largest absolute Gasteiger partial charge is 0.485 e. The van der Waals surface area contributed by atoms with Crippen LogP contribution >= 0.6 is 0 Å². The molecule has 4 aliphatic carbocycles. The number of nitrogens with zero attached hydrogens (tertiary/aromatic N) is 1. The third-order valence-corrected chi connectivity index (χ3v) is 14.6. The highest BCUT2D eigenvalue weighted by molar-refractivity contribution is 6.07. The van der Waals surface area contributed by atoms with E-state index < -0.39 is 5.41 Å². The van der Waals surface area contributed by atoms with E-state index in [-0.39, 0.29) is 18.1 Å². The predicted molar refractivity (Wildman–Crippen MR) is 255 cm³/mol. The number of allylic oxidation sites excluding steroid dienone is 6. The first-order chi connectivity index (χ1) is 31.2. The van der Waals surface area contributed by atoms with E-state index in [2.05, 4.69) is 193 Å². The first-order valence-corrected chi connectivity index (χ1v) is 22.7. The van der Waals surface area contributed by atoms with Gasteiger partial charge in [-0.1, -0.05) is 182 Å². The lowest BCUT2D eigenvalue weighted by atomic mass is 9.62. The van der Waals surface area contributed by atoms with Gasteiger partial charge in [0.2, 0.25) is 0 Å². The molecule has 63 heavy (non-hydrogen) atoms. The number of aliphatic imine (C=N–C) groups is 1. The Morgan fingerprint density at radius 1 is 0.635 bits per heavy atom. The Morgan fingerprint density at radius 2 is 1.35 bits per heavy atom. The topological polar surface area (TPSA) is 46.8 Å². The quantitative estimate of drug-likeness (QED) is 0.176. The van der Waals surface area contributed by atoms with E-state index in [1.54, 1.807) is 0 Å². The lowest BCUT2D eigenvalue weighted by Gasteiger charge is -2.45. The van der Waals surface area contributed by atoms with Crippen LogP contribution in [0.25, 0.3) is 39.3 Å². The molecule has 2 aliphatic heterocycles. The zero-order chi connectivity index (χ0) is 41.5. The molecule has 0 bridgehead atoms. The minimum absolute atomic E-state index is 0.0931. The highest BCUT2D eigenvalue weighted by Gasteiger charge is 2.54. The predicted octanol–water partition coefficient (Wildman–Crippen LogP) is 14.0. The zero-order valence-electron chi connectivity index (χ0n) is 35.0. The van der Waals surface area contributed by atoms with Crippen LogP contribution in [0.4, 0.5) is 0 Å². The van der Waals surface area contributed by atoms with Crippen LogP contribution in [0, 0.1) is 5.92 Å². The maximum absolute atomic E-state index is 7.28. The second kappa shape index (κ2) is 14.5. The standard InChI is InChI=1S/C59H46N2O2/c1-2-16-38(17-3-1)52-36-53(39-34-32-37(33-35-39)40-23-14-24-46-44-21-8-12-30-54(44)62-56(40)46)61-58(60-52)47-22-5-4-18-41(47)45-25-15-29-51-57(45)63-55-31-13-11-28-50(55)59(51)48-26-9-6-19-42(48)43-20-7-10-27-49(43)59/h1-22,24-30,32,36,39-40,52,55H,23,31,33-35H2,(H,60,61). The fraction of sp³-hybridized carbons (Fsp3) is 0.169. The number of hydrogen-bond acceptors (Lipinski definition) is 4. The summed E-state index contributed by atoms with van der Waals surface area (Å²) in [5.74, 6) is 3.60. The summed E-state index contributed by atoms with van der Waals surface area (Å²) in [6.45, 7) is 0. The zero-order valence-corrected chi connectivity index (χ0v) is 35.0. The van der Waals surface area contributed by atoms with Crippen molar-refractivity contribution in [3.05, 3.63) is 238 Å². The van der Waals surface area contributed by atoms with Crippen LogP contribution in [0.3, 0.4) is 0 Å². The van der Waals surface area contributed by atoms with Crippen LogP contribution in [-0.2, 0) is 5.41 Å². The molecule has 7 aromatic rings. The Kier molecular flexibility index (Phi) is 8.37. The van der Waals surface area contributed by atoms with Gasteiger partial charge in [0.1, 0.15) is 29.0 Å². The third-order valence-electron chi connectivity index (χ3n) is 14.6. The van der Waals surface area contributed by atoms with Gasteiger partial charge in [-0.25, -0.2) is 0 Å². The van der Waals surface area contributed by atoms with Crippen molar-refractivity contribution in [1.82, 2.24) is 5.32 Å². The molecule has 0 saturated heterocycles. The smallest absolute Gasteiger partial charge is 0.134 e. The maximum Gasteiger partial charge on any atom is 0.134 e. The highest BCUT2D eigenvalue weighted by Crippen LogP contribution is 2.62. The molecule has 6 aromatic carbocycles. The van der Waals surface area contributed by atoms with Gasteiger partial charge in [0.05, 0.1) is 11.5 Å². The molecular formula is C59H46N2O2. The summed E-state index contributed by atoms with van der Waals surface area (Å²) in [6.07, 6.45) is 21.1. The van der Waals surface area contributed by atoms with E-state index in [1.165, 1.54) is 61.2 Å². The molecule has 6 aliphatic rings. The second-order valence-electron chi connectivity index (χ2n) is 17.9.